The number of amides is 1. The predicted octanol–water partition coefficient (Wildman–Crippen LogP) is 1.62. The Bertz CT molecular complexity index is 478. The molecule has 0 fully saturated rings. The Balaban J connectivity index is 2.31. The van der Waals surface area contributed by atoms with E-state index in [1.165, 1.54) is 0 Å². The Labute approximate surface area is 91.4 Å². The molecule has 15 heavy (non-hydrogen) atoms. The zero-order chi connectivity index (χ0) is 10.7. The average Bonchev–Trinajstić information content (AvgIpc) is 2.69. The van der Waals surface area contributed by atoms with Crippen LogP contribution in [-0.4, -0.2) is 24.2 Å². The molecule has 0 saturated heterocycles. The van der Waals surface area contributed by atoms with Gasteiger partial charge in [0.2, 0.25) is 0 Å². The van der Waals surface area contributed by atoms with Crippen LogP contribution in [-0.2, 0) is 0 Å². The summed E-state index contributed by atoms with van der Waals surface area (Å²) in [5.74, 6) is -0.124. The van der Waals surface area contributed by atoms with Crippen molar-refractivity contribution in [1.29, 1.82) is 0 Å². The molecule has 4 heteroatoms. The first-order chi connectivity index (χ1) is 7.33. The van der Waals surface area contributed by atoms with Crippen molar-refractivity contribution in [2.24, 2.45) is 0 Å². The number of carbonyl (C=O) groups excluding carboxylic acids is 1. The number of aliphatic hydroxyl groups excluding tert-OH is 1. The summed E-state index contributed by atoms with van der Waals surface area (Å²) in [6.45, 7) is 0.261. The average molecular weight is 221 g/mol. The molecule has 1 amide bonds. The van der Waals surface area contributed by atoms with Gasteiger partial charge in [0.15, 0.2) is 0 Å². The van der Waals surface area contributed by atoms with Crippen LogP contribution in [0.4, 0.5) is 0 Å². The molecule has 0 aliphatic heterocycles. The van der Waals surface area contributed by atoms with Crippen LogP contribution in [0.2, 0.25) is 0 Å². The SMILES string of the molecule is O=C(NCCO)c1csc2ccccc12. The van der Waals surface area contributed by atoms with Crippen molar-refractivity contribution in [3.8, 4) is 0 Å². The van der Waals surface area contributed by atoms with Crippen molar-refractivity contribution in [2.75, 3.05) is 13.2 Å². The lowest BCUT2D eigenvalue weighted by Gasteiger charge is -2.01. The quantitative estimate of drug-likeness (QED) is 0.827. The Morgan fingerprint density at radius 1 is 1.40 bits per heavy atom. The molecule has 1 aromatic carbocycles. The van der Waals surface area contributed by atoms with Crippen LogP contribution < -0.4 is 5.32 Å². The van der Waals surface area contributed by atoms with Crippen molar-refractivity contribution in [3.05, 3.63) is 35.2 Å². The first kappa shape index (κ1) is 10.1. The molecule has 0 atom stereocenters. The van der Waals surface area contributed by atoms with Gasteiger partial charge >= 0.3 is 0 Å². The van der Waals surface area contributed by atoms with E-state index < -0.39 is 0 Å². The van der Waals surface area contributed by atoms with E-state index in [0.717, 1.165) is 10.1 Å². The Morgan fingerprint density at radius 3 is 3.00 bits per heavy atom. The minimum Gasteiger partial charge on any atom is -0.395 e. The summed E-state index contributed by atoms with van der Waals surface area (Å²) < 4.78 is 1.10. The molecule has 0 unspecified atom stereocenters. The molecule has 0 spiro atoms. The van der Waals surface area contributed by atoms with Gasteiger partial charge < -0.3 is 10.4 Å². The van der Waals surface area contributed by atoms with Gasteiger partial charge in [0.1, 0.15) is 0 Å². The van der Waals surface area contributed by atoms with Crippen LogP contribution in [0.5, 0.6) is 0 Å². The topological polar surface area (TPSA) is 49.3 Å². The van der Waals surface area contributed by atoms with Crippen LogP contribution in [0.25, 0.3) is 10.1 Å². The molecule has 3 nitrogen and oxygen atoms in total. The standard InChI is InChI=1S/C11H11NO2S/c13-6-5-12-11(14)9-7-15-10-4-2-1-3-8(9)10/h1-4,7,13H,5-6H2,(H,12,14). The second-order valence-corrected chi connectivity index (χ2v) is 4.04. The summed E-state index contributed by atoms with van der Waals surface area (Å²) in [6, 6.07) is 7.79. The van der Waals surface area contributed by atoms with E-state index in [1.54, 1.807) is 11.3 Å². The van der Waals surface area contributed by atoms with Crippen molar-refractivity contribution in [3.63, 3.8) is 0 Å². The summed E-state index contributed by atoms with van der Waals surface area (Å²) >= 11 is 1.55. The first-order valence-corrected chi connectivity index (χ1v) is 5.56. The third kappa shape index (κ3) is 2.00. The van der Waals surface area contributed by atoms with E-state index in [9.17, 15) is 4.79 Å². The molecular weight excluding hydrogens is 210 g/mol. The van der Waals surface area contributed by atoms with Crippen molar-refractivity contribution >= 4 is 27.3 Å². The van der Waals surface area contributed by atoms with Crippen LogP contribution in [0, 0.1) is 0 Å². The van der Waals surface area contributed by atoms with E-state index in [0.29, 0.717) is 12.1 Å². The number of fused-ring (bicyclic) bond motifs is 1. The normalized spacial score (nSPS) is 10.5. The van der Waals surface area contributed by atoms with Crippen molar-refractivity contribution < 1.29 is 9.90 Å². The highest BCUT2D eigenvalue weighted by Gasteiger charge is 2.10. The Morgan fingerprint density at radius 2 is 2.20 bits per heavy atom. The number of hydrogen-bond donors (Lipinski definition) is 2. The molecule has 1 aromatic heterocycles. The van der Waals surface area contributed by atoms with Crippen LogP contribution in [0.1, 0.15) is 10.4 Å². The number of aliphatic hydroxyl groups is 1. The minimum absolute atomic E-state index is 0.0339. The largest absolute Gasteiger partial charge is 0.395 e. The maximum Gasteiger partial charge on any atom is 0.252 e. The van der Waals surface area contributed by atoms with E-state index in [2.05, 4.69) is 5.32 Å². The number of rotatable bonds is 3. The molecular formula is C11H11NO2S. The molecule has 1 heterocycles. The number of carbonyl (C=O) groups is 1. The predicted molar refractivity (Wildman–Crippen MR) is 61.2 cm³/mol. The maximum atomic E-state index is 11.7. The lowest BCUT2D eigenvalue weighted by atomic mass is 10.2. The maximum absolute atomic E-state index is 11.7. The second-order valence-electron chi connectivity index (χ2n) is 3.13. The van der Waals surface area contributed by atoms with Gasteiger partial charge in [-0.05, 0) is 6.07 Å². The van der Waals surface area contributed by atoms with E-state index in [4.69, 9.17) is 5.11 Å². The van der Waals surface area contributed by atoms with E-state index in [1.807, 2.05) is 29.6 Å². The summed E-state index contributed by atoms with van der Waals surface area (Å²) in [6.07, 6.45) is 0. The van der Waals surface area contributed by atoms with Gasteiger partial charge in [0.25, 0.3) is 5.91 Å². The second kappa shape index (κ2) is 4.42. The highest BCUT2D eigenvalue weighted by molar-refractivity contribution is 7.17. The molecule has 0 bridgehead atoms. The number of thiophene rings is 1. The Kier molecular flexibility index (Phi) is 2.99. The fourth-order valence-electron chi connectivity index (χ4n) is 1.42. The zero-order valence-corrected chi connectivity index (χ0v) is 8.88. The lowest BCUT2D eigenvalue weighted by molar-refractivity contribution is 0.0947. The monoisotopic (exact) mass is 221 g/mol. The fraction of sp³-hybridized carbons (Fsp3) is 0.182. The molecule has 2 rings (SSSR count). The third-order valence-electron chi connectivity index (χ3n) is 2.12. The lowest BCUT2D eigenvalue weighted by Crippen LogP contribution is -2.25. The smallest absolute Gasteiger partial charge is 0.252 e. The van der Waals surface area contributed by atoms with E-state index in [-0.39, 0.29) is 12.5 Å². The molecule has 0 aliphatic rings. The van der Waals surface area contributed by atoms with Crippen molar-refractivity contribution in [2.45, 2.75) is 0 Å². The number of benzene rings is 1. The molecule has 2 aromatic rings. The molecule has 2 N–H and O–H groups in total. The molecule has 0 aliphatic carbocycles. The summed E-state index contributed by atoms with van der Waals surface area (Å²) in [5.41, 5.74) is 0.684. The number of hydrogen-bond acceptors (Lipinski definition) is 3. The first-order valence-electron chi connectivity index (χ1n) is 4.68. The molecule has 0 saturated carbocycles. The zero-order valence-electron chi connectivity index (χ0n) is 8.06. The van der Waals surface area contributed by atoms with Gasteiger partial charge in [0, 0.05) is 22.0 Å². The van der Waals surface area contributed by atoms with Gasteiger partial charge in [-0.15, -0.1) is 11.3 Å². The van der Waals surface area contributed by atoms with Crippen LogP contribution in [0.15, 0.2) is 29.6 Å². The van der Waals surface area contributed by atoms with Gasteiger partial charge in [-0.3, -0.25) is 4.79 Å². The highest BCUT2D eigenvalue weighted by Crippen LogP contribution is 2.25. The molecule has 0 radical (unpaired) electrons. The van der Waals surface area contributed by atoms with E-state index >= 15 is 0 Å². The van der Waals surface area contributed by atoms with Gasteiger partial charge in [0.05, 0.1) is 12.2 Å². The number of nitrogens with one attached hydrogen (secondary N) is 1. The van der Waals surface area contributed by atoms with Crippen LogP contribution in [0.3, 0.4) is 0 Å². The summed E-state index contributed by atoms with van der Waals surface area (Å²) in [7, 11) is 0. The van der Waals surface area contributed by atoms with Gasteiger partial charge in [-0.2, -0.15) is 0 Å². The van der Waals surface area contributed by atoms with Crippen LogP contribution >= 0.6 is 11.3 Å². The Hall–Kier alpha value is -1.39. The van der Waals surface area contributed by atoms with Gasteiger partial charge in [-0.1, -0.05) is 18.2 Å². The minimum atomic E-state index is -0.124. The van der Waals surface area contributed by atoms with Crippen molar-refractivity contribution in [1.82, 2.24) is 5.32 Å². The summed E-state index contributed by atoms with van der Waals surface area (Å²) in [5, 5.41) is 14.1. The fourth-order valence-corrected chi connectivity index (χ4v) is 2.36. The third-order valence-corrected chi connectivity index (χ3v) is 3.09. The molecule has 78 valence electrons. The van der Waals surface area contributed by atoms with Gasteiger partial charge in [-0.25, -0.2) is 0 Å². The highest BCUT2D eigenvalue weighted by atomic mass is 32.1. The summed E-state index contributed by atoms with van der Waals surface area (Å²) in [4.78, 5) is 11.7.